The van der Waals surface area contributed by atoms with Crippen LogP contribution >= 0.6 is 0 Å². The molecule has 1 fully saturated rings. The quantitative estimate of drug-likeness (QED) is 0.845. The van der Waals surface area contributed by atoms with E-state index < -0.39 is 0 Å². The van der Waals surface area contributed by atoms with Crippen LogP contribution in [0.3, 0.4) is 0 Å². The summed E-state index contributed by atoms with van der Waals surface area (Å²) in [4.78, 5) is 4.24. The molecule has 4 nitrogen and oxygen atoms in total. The molecular formula is C15H19N3O. The molecule has 1 aromatic carbocycles. The van der Waals surface area contributed by atoms with Crippen LogP contribution in [0.2, 0.25) is 0 Å². The highest BCUT2D eigenvalue weighted by Crippen LogP contribution is 2.26. The predicted octanol–water partition coefficient (Wildman–Crippen LogP) is 3.05. The summed E-state index contributed by atoms with van der Waals surface area (Å²) in [6.07, 6.45) is 6.92. The lowest BCUT2D eigenvalue weighted by atomic mass is 10.1. The van der Waals surface area contributed by atoms with Gasteiger partial charge >= 0.3 is 0 Å². The number of rotatable bonds is 4. The summed E-state index contributed by atoms with van der Waals surface area (Å²) >= 11 is 0. The van der Waals surface area contributed by atoms with Gasteiger partial charge < -0.3 is 4.74 Å². The van der Waals surface area contributed by atoms with Crippen LogP contribution in [0.15, 0.2) is 30.6 Å². The topological polar surface area (TPSA) is 39.9 Å². The van der Waals surface area contributed by atoms with E-state index in [0.717, 1.165) is 29.7 Å². The normalized spacial score (nSPS) is 15.8. The number of hydrogen-bond acceptors (Lipinski definition) is 3. The minimum absolute atomic E-state index is 0.749. The van der Waals surface area contributed by atoms with Crippen molar-refractivity contribution in [3.05, 3.63) is 30.6 Å². The number of benzene rings is 1. The Hall–Kier alpha value is -1.84. The van der Waals surface area contributed by atoms with Gasteiger partial charge in [0.2, 0.25) is 0 Å². The first kappa shape index (κ1) is 12.2. The third-order valence-corrected chi connectivity index (χ3v) is 3.78. The van der Waals surface area contributed by atoms with E-state index in [9.17, 15) is 0 Å². The highest BCUT2D eigenvalue weighted by atomic mass is 16.5. The molecule has 4 heteroatoms. The molecule has 1 aromatic heterocycles. The lowest BCUT2D eigenvalue weighted by Crippen LogP contribution is -2.07. The van der Waals surface area contributed by atoms with Crippen molar-refractivity contribution in [2.75, 3.05) is 6.61 Å². The summed E-state index contributed by atoms with van der Waals surface area (Å²) < 4.78 is 7.62. The molecule has 0 spiro atoms. The SMILES string of the molecule is Cn1ncnc1-c1ccc(OCC2CCCC2)cc1. The molecule has 0 aliphatic heterocycles. The van der Waals surface area contributed by atoms with E-state index in [2.05, 4.69) is 10.1 Å². The van der Waals surface area contributed by atoms with Gasteiger partial charge in [-0.3, -0.25) is 0 Å². The highest BCUT2D eigenvalue weighted by Gasteiger charge is 2.15. The molecule has 0 bridgehead atoms. The molecule has 1 saturated carbocycles. The molecule has 0 unspecified atom stereocenters. The number of aromatic nitrogens is 3. The van der Waals surface area contributed by atoms with Gasteiger partial charge in [-0.2, -0.15) is 5.10 Å². The maximum Gasteiger partial charge on any atom is 0.157 e. The zero-order valence-electron chi connectivity index (χ0n) is 11.2. The fourth-order valence-electron chi connectivity index (χ4n) is 2.65. The number of nitrogens with zero attached hydrogens (tertiary/aromatic N) is 3. The third kappa shape index (κ3) is 2.78. The molecule has 0 atom stereocenters. The summed E-state index contributed by atoms with van der Waals surface area (Å²) in [6.45, 7) is 0.851. The van der Waals surface area contributed by atoms with Gasteiger partial charge in [-0.25, -0.2) is 9.67 Å². The Bertz CT molecular complexity index is 527. The molecule has 1 aliphatic rings. The standard InChI is InChI=1S/C15H19N3O/c1-18-15(16-11-17-18)13-6-8-14(9-7-13)19-10-12-4-2-3-5-12/h6-9,11-12H,2-5,10H2,1H3. The lowest BCUT2D eigenvalue weighted by Gasteiger charge is -2.11. The molecule has 0 saturated heterocycles. The minimum atomic E-state index is 0.749. The Morgan fingerprint density at radius 3 is 2.58 bits per heavy atom. The van der Waals surface area contributed by atoms with E-state index in [0.29, 0.717) is 0 Å². The maximum atomic E-state index is 5.85. The second-order valence-electron chi connectivity index (χ2n) is 5.19. The van der Waals surface area contributed by atoms with E-state index in [1.807, 2.05) is 31.3 Å². The summed E-state index contributed by atoms with van der Waals surface area (Å²) in [5.74, 6) is 2.57. The molecule has 100 valence electrons. The number of ether oxygens (including phenoxy) is 1. The van der Waals surface area contributed by atoms with Crippen molar-refractivity contribution in [3.63, 3.8) is 0 Å². The van der Waals surface area contributed by atoms with Crippen molar-refractivity contribution >= 4 is 0 Å². The summed E-state index contributed by atoms with van der Waals surface area (Å²) in [7, 11) is 1.90. The van der Waals surface area contributed by atoms with Gasteiger partial charge in [0.05, 0.1) is 6.61 Å². The molecule has 19 heavy (non-hydrogen) atoms. The van der Waals surface area contributed by atoms with E-state index in [1.165, 1.54) is 25.7 Å². The smallest absolute Gasteiger partial charge is 0.157 e. The van der Waals surface area contributed by atoms with Gasteiger partial charge in [0.1, 0.15) is 12.1 Å². The number of aryl methyl sites for hydroxylation is 1. The van der Waals surface area contributed by atoms with E-state index in [-0.39, 0.29) is 0 Å². The molecule has 0 radical (unpaired) electrons. The van der Waals surface area contributed by atoms with Crippen LogP contribution in [0.5, 0.6) is 5.75 Å². The third-order valence-electron chi connectivity index (χ3n) is 3.78. The monoisotopic (exact) mass is 257 g/mol. The summed E-state index contributed by atoms with van der Waals surface area (Å²) in [5.41, 5.74) is 1.06. The van der Waals surface area contributed by atoms with Crippen molar-refractivity contribution in [2.45, 2.75) is 25.7 Å². The van der Waals surface area contributed by atoms with Crippen molar-refractivity contribution in [1.29, 1.82) is 0 Å². The van der Waals surface area contributed by atoms with Gasteiger partial charge in [0, 0.05) is 12.6 Å². The first-order valence-corrected chi connectivity index (χ1v) is 6.90. The molecular weight excluding hydrogens is 238 g/mol. The summed E-state index contributed by atoms with van der Waals surface area (Å²) in [6, 6.07) is 8.10. The zero-order chi connectivity index (χ0) is 13.1. The van der Waals surface area contributed by atoms with Crippen LogP contribution in [0.25, 0.3) is 11.4 Å². The van der Waals surface area contributed by atoms with Crippen LogP contribution in [0.1, 0.15) is 25.7 Å². The van der Waals surface area contributed by atoms with Crippen molar-refractivity contribution in [1.82, 2.24) is 14.8 Å². The highest BCUT2D eigenvalue weighted by molar-refractivity contribution is 5.56. The minimum Gasteiger partial charge on any atom is -0.493 e. The van der Waals surface area contributed by atoms with Crippen LogP contribution in [0.4, 0.5) is 0 Å². The first-order chi connectivity index (χ1) is 9.33. The van der Waals surface area contributed by atoms with E-state index in [1.54, 1.807) is 11.0 Å². The fourth-order valence-corrected chi connectivity index (χ4v) is 2.65. The van der Waals surface area contributed by atoms with Gasteiger partial charge in [-0.05, 0) is 43.0 Å². The second kappa shape index (κ2) is 5.43. The zero-order valence-corrected chi connectivity index (χ0v) is 11.2. The Kier molecular flexibility index (Phi) is 3.49. The predicted molar refractivity (Wildman–Crippen MR) is 73.9 cm³/mol. The van der Waals surface area contributed by atoms with Gasteiger partial charge in [0.25, 0.3) is 0 Å². The van der Waals surface area contributed by atoms with E-state index in [4.69, 9.17) is 4.74 Å². The Labute approximate surface area is 113 Å². The molecule has 1 heterocycles. The fraction of sp³-hybridized carbons (Fsp3) is 0.467. The van der Waals surface area contributed by atoms with Crippen molar-refractivity contribution < 1.29 is 4.74 Å². The second-order valence-corrected chi connectivity index (χ2v) is 5.19. The molecule has 1 aliphatic carbocycles. The Morgan fingerprint density at radius 2 is 1.95 bits per heavy atom. The number of hydrogen-bond donors (Lipinski definition) is 0. The van der Waals surface area contributed by atoms with Gasteiger partial charge in [0.15, 0.2) is 5.82 Å². The Morgan fingerprint density at radius 1 is 1.21 bits per heavy atom. The summed E-state index contributed by atoms with van der Waals surface area (Å²) in [5, 5.41) is 4.08. The maximum absolute atomic E-state index is 5.85. The molecule has 0 amide bonds. The lowest BCUT2D eigenvalue weighted by molar-refractivity contribution is 0.252. The van der Waals surface area contributed by atoms with Crippen LogP contribution < -0.4 is 4.74 Å². The van der Waals surface area contributed by atoms with Crippen LogP contribution in [-0.4, -0.2) is 21.4 Å². The van der Waals surface area contributed by atoms with Gasteiger partial charge in [-0.1, -0.05) is 12.8 Å². The van der Waals surface area contributed by atoms with E-state index >= 15 is 0 Å². The molecule has 0 N–H and O–H groups in total. The first-order valence-electron chi connectivity index (χ1n) is 6.90. The average molecular weight is 257 g/mol. The van der Waals surface area contributed by atoms with Crippen molar-refractivity contribution in [3.8, 4) is 17.1 Å². The molecule has 3 rings (SSSR count). The Balaban J connectivity index is 1.64. The van der Waals surface area contributed by atoms with Gasteiger partial charge in [-0.15, -0.1) is 0 Å². The largest absolute Gasteiger partial charge is 0.493 e. The van der Waals surface area contributed by atoms with Crippen molar-refractivity contribution in [2.24, 2.45) is 13.0 Å². The van der Waals surface area contributed by atoms with Crippen LogP contribution in [0, 0.1) is 5.92 Å². The molecule has 2 aromatic rings. The average Bonchev–Trinajstić information content (AvgIpc) is 3.08. The van der Waals surface area contributed by atoms with Crippen LogP contribution in [-0.2, 0) is 7.05 Å².